The molecule has 0 amide bonds. The Morgan fingerprint density at radius 2 is 1.82 bits per heavy atom. The van der Waals surface area contributed by atoms with Crippen molar-refractivity contribution in [1.82, 2.24) is 0 Å². The van der Waals surface area contributed by atoms with E-state index >= 15 is 0 Å². The Morgan fingerprint density at radius 3 is 2.27 bits per heavy atom. The van der Waals surface area contributed by atoms with Crippen LogP contribution in [0.2, 0.25) is 0 Å². The second-order valence-corrected chi connectivity index (χ2v) is 1.73. The molecule has 0 saturated heterocycles. The summed E-state index contributed by atoms with van der Waals surface area (Å²) >= 11 is 0. The van der Waals surface area contributed by atoms with E-state index in [1.54, 1.807) is 18.2 Å². The highest BCUT2D eigenvalue weighted by molar-refractivity contribution is 5.88. The van der Waals surface area contributed by atoms with Crippen molar-refractivity contribution >= 4 is 5.97 Å². The highest BCUT2D eigenvalue weighted by atomic mass is 19.3. The molecule has 11 heavy (non-hydrogen) atoms. The fraction of sp³-hybridized carbons (Fsp3) is 0. The minimum atomic E-state index is -0.958. The molecule has 60 valence electrons. The molecule has 0 atom stereocenters. The lowest BCUT2D eigenvalue weighted by atomic mass is 10.2. The van der Waals surface area contributed by atoms with Crippen molar-refractivity contribution in [2.75, 3.05) is 0 Å². The van der Waals surface area contributed by atoms with E-state index in [2.05, 4.69) is 4.94 Å². The molecule has 0 spiro atoms. The van der Waals surface area contributed by atoms with E-state index in [9.17, 15) is 9.32 Å². The van der Waals surface area contributed by atoms with Crippen LogP contribution in [0.5, 0.6) is 0 Å². The van der Waals surface area contributed by atoms with E-state index in [4.69, 9.17) is 0 Å². The number of rotatable bonds is 1. The lowest BCUT2D eigenvalue weighted by Crippen LogP contribution is -1.96. The molecule has 0 unspecified atom stereocenters. The van der Waals surface area contributed by atoms with Gasteiger partial charge in [0, 0.05) is 4.53 Å². The molecule has 0 bridgehead atoms. The minimum Gasteiger partial charge on any atom is -0.412 e. The smallest absolute Gasteiger partial charge is 0.379 e. The Hall–Kier alpha value is -1.42. The first-order chi connectivity index (χ1) is 4.84. The molecule has 0 aromatic heterocycles. The minimum absolute atomic E-state index is 0. The van der Waals surface area contributed by atoms with E-state index < -0.39 is 5.97 Å². The Balaban J connectivity index is 0.000001000. The van der Waals surface area contributed by atoms with Gasteiger partial charge in [-0.15, -0.1) is 0 Å². The van der Waals surface area contributed by atoms with Crippen molar-refractivity contribution in [3.05, 3.63) is 35.9 Å². The zero-order valence-corrected chi connectivity index (χ0v) is 5.58. The number of benzene rings is 1. The molecular formula is C7H7FO3. The average molecular weight is 158 g/mol. The molecule has 1 aromatic carbocycles. The van der Waals surface area contributed by atoms with Crippen LogP contribution in [0, 0.1) is 0 Å². The van der Waals surface area contributed by atoms with Gasteiger partial charge in [0.15, 0.2) is 0 Å². The first kappa shape index (κ1) is 9.58. The Morgan fingerprint density at radius 1 is 1.27 bits per heavy atom. The fourth-order valence-corrected chi connectivity index (χ4v) is 0.619. The predicted molar refractivity (Wildman–Crippen MR) is 36.6 cm³/mol. The maximum atomic E-state index is 11.2. The second-order valence-electron chi connectivity index (χ2n) is 1.73. The Kier molecular flexibility index (Phi) is 3.84. The van der Waals surface area contributed by atoms with Crippen molar-refractivity contribution in [1.29, 1.82) is 0 Å². The Bertz CT molecular complexity index is 222. The molecule has 1 rings (SSSR count). The van der Waals surface area contributed by atoms with Crippen LogP contribution in [0.3, 0.4) is 0 Å². The number of carbonyl (C=O) groups excluding carboxylic acids is 1. The summed E-state index contributed by atoms with van der Waals surface area (Å²) in [5, 5.41) is 0. The molecule has 0 heterocycles. The highest BCUT2D eigenvalue weighted by Crippen LogP contribution is 2.00. The van der Waals surface area contributed by atoms with Crippen LogP contribution in [0.25, 0.3) is 0 Å². The molecule has 0 aliphatic rings. The second kappa shape index (κ2) is 4.40. The third kappa shape index (κ3) is 2.35. The summed E-state index contributed by atoms with van der Waals surface area (Å²) in [5.74, 6) is -0.958. The van der Waals surface area contributed by atoms with E-state index in [0.717, 1.165) is 0 Å². The maximum absolute atomic E-state index is 11.2. The lowest BCUT2D eigenvalue weighted by Gasteiger charge is -1.90. The number of carbonyl (C=O) groups is 1. The van der Waals surface area contributed by atoms with Gasteiger partial charge in [0.1, 0.15) is 0 Å². The molecule has 3 nitrogen and oxygen atoms in total. The summed E-state index contributed by atoms with van der Waals surface area (Å²) in [4.78, 5) is 13.4. The number of halogens is 1. The first-order valence-electron chi connectivity index (χ1n) is 2.72. The zero-order chi connectivity index (χ0) is 7.40. The molecular weight excluding hydrogens is 151 g/mol. The van der Waals surface area contributed by atoms with Gasteiger partial charge in [-0.05, 0) is 12.1 Å². The van der Waals surface area contributed by atoms with Gasteiger partial charge in [-0.3, -0.25) is 0 Å². The normalized spacial score (nSPS) is 8.09. The van der Waals surface area contributed by atoms with Gasteiger partial charge in [-0.25, -0.2) is 9.74 Å². The van der Waals surface area contributed by atoms with Crippen LogP contribution in [-0.2, 0) is 4.94 Å². The molecule has 0 radical (unpaired) electrons. The monoisotopic (exact) mass is 158 g/mol. The lowest BCUT2D eigenvalue weighted by molar-refractivity contribution is -0.0788. The van der Waals surface area contributed by atoms with Gasteiger partial charge in [0.2, 0.25) is 0 Å². The first-order valence-corrected chi connectivity index (χ1v) is 2.72. The van der Waals surface area contributed by atoms with Crippen molar-refractivity contribution in [2.24, 2.45) is 0 Å². The van der Waals surface area contributed by atoms with Crippen LogP contribution in [0.15, 0.2) is 30.3 Å². The fourth-order valence-electron chi connectivity index (χ4n) is 0.619. The van der Waals surface area contributed by atoms with Crippen LogP contribution < -0.4 is 0 Å². The van der Waals surface area contributed by atoms with Gasteiger partial charge in [-0.1, -0.05) is 18.2 Å². The van der Waals surface area contributed by atoms with E-state index in [1.165, 1.54) is 12.1 Å². The zero-order valence-electron chi connectivity index (χ0n) is 5.58. The third-order valence-electron chi connectivity index (χ3n) is 1.08. The molecule has 0 saturated carbocycles. The number of hydrogen-bond acceptors (Lipinski definition) is 2. The van der Waals surface area contributed by atoms with Gasteiger partial charge in [0.25, 0.3) is 0 Å². The van der Waals surface area contributed by atoms with Crippen molar-refractivity contribution < 1.29 is 19.7 Å². The van der Waals surface area contributed by atoms with Crippen LogP contribution >= 0.6 is 0 Å². The topological polar surface area (TPSA) is 57.8 Å². The van der Waals surface area contributed by atoms with Crippen molar-refractivity contribution in [3.63, 3.8) is 0 Å². The van der Waals surface area contributed by atoms with E-state index in [-0.39, 0.29) is 11.0 Å². The average Bonchev–Trinajstić information content (AvgIpc) is 2.05. The molecule has 0 fully saturated rings. The molecule has 0 aliphatic carbocycles. The Labute approximate surface area is 62.6 Å². The SMILES string of the molecule is O.O=C(OF)c1ccccc1. The number of hydrogen-bond donors (Lipinski definition) is 0. The summed E-state index contributed by atoms with van der Waals surface area (Å²) < 4.78 is 11.2. The summed E-state index contributed by atoms with van der Waals surface area (Å²) in [6, 6.07) is 7.94. The summed E-state index contributed by atoms with van der Waals surface area (Å²) in [5.41, 5.74) is 0.213. The molecule has 4 heteroatoms. The van der Waals surface area contributed by atoms with Crippen LogP contribution in [0.4, 0.5) is 4.53 Å². The summed E-state index contributed by atoms with van der Waals surface area (Å²) in [6.07, 6.45) is 0. The van der Waals surface area contributed by atoms with Crippen molar-refractivity contribution in [2.45, 2.75) is 0 Å². The van der Waals surface area contributed by atoms with E-state index in [0.29, 0.717) is 0 Å². The molecule has 0 aliphatic heterocycles. The standard InChI is InChI=1S/C7H5FO2.H2O/c8-10-7(9)6-4-2-1-3-5-6;/h1-5H;1H2. The van der Waals surface area contributed by atoms with Gasteiger partial charge < -0.3 is 5.48 Å². The maximum Gasteiger partial charge on any atom is 0.379 e. The predicted octanol–water partition coefficient (Wildman–Crippen LogP) is 0.903. The van der Waals surface area contributed by atoms with Crippen LogP contribution in [0.1, 0.15) is 10.4 Å². The summed E-state index contributed by atoms with van der Waals surface area (Å²) in [7, 11) is 0. The van der Waals surface area contributed by atoms with Gasteiger partial charge in [-0.2, -0.15) is 0 Å². The summed E-state index contributed by atoms with van der Waals surface area (Å²) in [6.45, 7) is 0. The molecule has 1 aromatic rings. The van der Waals surface area contributed by atoms with Gasteiger partial charge >= 0.3 is 5.97 Å². The van der Waals surface area contributed by atoms with Crippen molar-refractivity contribution in [3.8, 4) is 0 Å². The van der Waals surface area contributed by atoms with Crippen LogP contribution in [-0.4, -0.2) is 11.4 Å². The van der Waals surface area contributed by atoms with E-state index in [1.807, 2.05) is 0 Å². The largest absolute Gasteiger partial charge is 0.412 e. The van der Waals surface area contributed by atoms with Gasteiger partial charge in [0.05, 0.1) is 5.56 Å². The third-order valence-corrected chi connectivity index (χ3v) is 1.08. The molecule has 2 N–H and O–H groups in total. The quantitative estimate of drug-likeness (QED) is 0.609. The highest BCUT2D eigenvalue weighted by Gasteiger charge is 2.04.